The van der Waals surface area contributed by atoms with Crippen LogP contribution in [0.4, 0.5) is 0 Å². The Morgan fingerprint density at radius 1 is 1.16 bits per heavy atom. The first-order valence-corrected chi connectivity index (χ1v) is 7.17. The molecule has 2 nitrogen and oxygen atoms in total. The van der Waals surface area contributed by atoms with Crippen LogP contribution in [-0.2, 0) is 0 Å². The normalized spacial score (nSPS) is 12.9. The summed E-state index contributed by atoms with van der Waals surface area (Å²) in [7, 11) is 0. The molecule has 106 valence electrons. The van der Waals surface area contributed by atoms with E-state index in [0.29, 0.717) is 11.5 Å². The number of carbonyl (C=O) groups excluding carboxylic acids is 1. The van der Waals surface area contributed by atoms with Crippen molar-refractivity contribution < 1.29 is 9.53 Å². The summed E-state index contributed by atoms with van der Waals surface area (Å²) in [6.45, 7) is 11.8. The highest BCUT2D eigenvalue weighted by molar-refractivity contribution is 6.33. The number of carbonyl (C=O) groups is 1. The van der Waals surface area contributed by atoms with Gasteiger partial charge in [-0.1, -0.05) is 13.8 Å². The van der Waals surface area contributed by atoms with Crippen molar-refractivity contribution in [2.45, 2.75) is 58.9 Å². The van der Waals surface area contributed by atoms with Crippen molar-refractivity contribution in [3.05, 3.63) is 28.8 Å². The van der Waals surface area contributed by atoms with Gasteiger partial charge in [0.15, 0.2) is 5.78 Å². The molecule has 0 fully saturated rings. The molecular weight excluding hydrogens is 260 g/mol. The summed E-state index contributed by atoms with van der Waals surface area (Å²) >= 11 is 5.91. The van der Waals surface area contributed by atoms with Gasteiger partial charge in [-0.15, -0.1) is 11.6 Å². The van der Waals surface area contributed by atoms with Crippen LogP contribution in [0.15, 0.2) is 12.1 Å². The molecule has 19 heavy (non-hydrogen) atoms. The summed E-state index contributed by atoms with van der Waals surface area (Å²) in [5.74, 6) is 1.13. The Hall–Kier alpha value is -1.02. The van der Waals surface area contributed by atoms with E-state index < -0.39 is 5.38 Å². The number of hydrogen-bond donors (Lipinski definition) is 0. The fraction of sp³-hybridized carbons (Fsp3) is 0.562. The quantitative estimate of drug-likeness (QED) is 0.577. The van der Waals surface area contributed by atoms with Crippen LogP contribution in [0.1, 0.15) is 62.0 Å². The lowest BCUT2D eigenvalue weighted by molar-refractivity contribution is 0.0991. The van der Waals surface area contributed by atoms with Gasteiger partial charge in [0.1, 0.15) is 5.75 Å². The van der Waals surface area contributed by atoms with E-state index in [1.165, 1.54) is 0 Å². The van der Waals surface area contributed by atoms with Gasteiger partial charge in [-0.05, 0) is 56.9 Å². The smallest absolute Gasteiger partial charge is 0.180 e. The molecule has 0 heterocycles. The number of aryl methyl sites for hydroxylation is 1. The van der Waals surface area contributed by atoms with Crippen LogP contribution in [0.25, 0.3) is 0 Å². The third-order valence-electron chi connectivity index (χ3n) is 2.97. The van der Waals surface area contributed by atoms with E-state index in [4.69, 9.17) is 16.3 Å². The predicted molar refractivity (Wildman–Crippen MR) is 80.7 cm³/mol. The van der Waals surface area contributed by atoms with Crippen molar-refractivity contribution in [3.8, 4) is 5.75 Å². The molecule has 1 unspecified atom stereocenters. The second-order valence-corrected chi connectivity index (χ2v) is 6.16. The number of ketones is 1. The van der Waals surface area contributed by atoms with Crippen molar-refractivity contribution in [2.75, 3.05) is 0 Å². The topological polar surface area (TPSA) is 26.3 Å². The maximum atomic E-state index is 12.1. The predicted octanol–water partition coefficient (Wildman–Crippen LogP) is 4.72. The van der Waals surface area contributed by atoms with E-state index in [-0.39, 0.29) is 11.9 Å². The molecule has 0 spiro atoms. The highest BCUT2D eigenvalue weighted by Gasteiger charge is 2.19. The minimum atomic E-state index is -0.504. The van der Waals surface area contributed by atoms with E-state index in [1.54, 1.807) is 6.92 Å². The zero-order valence-corrected chi connectivity index (χ0v) is 13.3. The Morgan fingerprint density at radius 2 is 1.74 bits per heavy atom. The van der Waals surface area contributed by atoms with Crippen LogP contribution in [0.5, 0.6) is 5.75 Å². The summed E-state index contributed by atoms with van der Waals surface area (Å²) in [4.78, 5) is 12.1. The maximum Gasteiger partial charge on any atom is 0.180 e. The third-order valence-corrected chi connectivity index (χ3v) is 3.17. The van der Waals surface area contributed by atoms with E-state index in [9.17, 15) is 4.79 Å². The molecule has 0 amide bonds. The minimum absolute atomic E-state index is 0.0304. The van der Waals surface area contributed by atoms with Crippen molar-refractivity contribution in [2.24, 2.45) is 0 Å². The summed E-state index contributed by atoms with van der Waals surface area (Å²) in [5.41, 5.74) is 2.67. The van der Waals surface area contributed by atoms with Gasteiger partial charge in [0.25, 0.3) is 0 Å². The number of alkyl halides is 1. The van der Waals surface area contributed by atoms with Crippen LogP contribution in [-0.4, -0.2) is 17.3 Å². The minimum Gasteiger partial charge on any atom is -0.491 e. The molecule has 0 saturated heterocycles. The zero-order valence-electron chi connectivity index (χ0n) is 12.6. The second-order valence-electron chi connectivity index (χ2n) is 5.51. The number of rotatable bonds is 5. The van der Waals surface area contributed by atoms with Gasteiger partial charge in [0.2, 0.25) is 0 Å². The number of benzene rings is 1. The standard InChI is InChI=1S/C16H23ClO2/c1-9(2)13-8-14(16(18)12(6)17)11(5)7-15(13)19-10(3)4/h7-10,12H,1-6H3. The molecule has 0 aliphatic rings. The molecule has 0 N–H and O–H groups in total. The summed E-state index contributed by atoms with van der Waals surface area (Å²) in [6, 6.07) is 3.88. The van der Waals surface area contributed by atoms with Gasteiger partial charge in [-0.3, -0.25) is 4.79 Å². The second kappa shape index (κ2) is 6.42. The summed E-state index contributed by atoms with van der Waals surface area (Å²) < 4.78 is 5.84. The Balaban J connectivity index is 3.32. The Morgan fingerprint density at radius 3 is 2.16 bits per heavy atom. The van der Waals surface area contributed by atoms with Gasteiger partial charge in [0, 0.05) is 5.56 Å². The molecule has 1 aromatic rings. The molecule has 0 bridgehead atoms. The fourth-order valence-corrected chi connectivity index (χ4v) is 2.10. The van der Waals surface area contributed by atoms with Crippen molar-refractivity contribution in [1.82, 2.24) is 0 Å². The highest BCUT2D eigenvalue weighted by atomic mass is 35.5. The molecule has 0 aromatic heterocycles. The molecule has 1 aromatic carbocycles. The van der Waals surface area contributed by atoms with Crippen LogP contribution in [0, 0.1) is 6.92 Å². The third kappa shape index (κ3) is 3.97. The van der Waals surface area contributed by atoms with E-state index in [2.05, 4.69) is 13.8 Å². The van der Waals surface area contributed by atoms with Crippen LogP contribution in [0.2, 0.25) is 0 Å². The van der Waals surface area contributed by atoms with Crippen molar-refractivity contribution in [3.63, 3.8) is 0 Å². The average Bonchev–Trinajstić information content (AvgIpc) is 2.26. The van der Waals surface area contributed by atoms with E-state index in [1.807, 2.05) is 32.9 Å². The van der Waals surface area contributed by atoms with Crippen LogP contribution >= 0.6 is 11.6 Å². The number of hydrogen-bond acceptors (Lipinski definition) is 2. The largest absolute Gasteiger partial charge is 0.491 e. The first-order chi connectivity index (χ1) is 8.73. The molecular formula is C16H23ClO2. The lowest BCUT2D eigenvalue weighted by Gasteiger charge is -2.19. The number of halogens is 1. The SMILES string of the molecule is Cc1cc(OC(C)C)c(C(C)C)cc1C(=O)C(C)Cl. The molecule has 1 atom stereocenters. The van der Waals surface area contributed by atoms with Crippen molar-refractivity contribution in [1.29, 1.82) is 0 Å². The molecule has 0 aliphatic heterocycles. The first-order valence-electron chi connectivity index (χ1n) is 6.73. The molecule has 1 rings (SSSR count). The molecule has 3 heteroatoms. The highest BCUT2D eigenvalue weighted by Crippen LogP contribution is 2.31. The van der Waals surface area contributed by atoms with Gasteiger partial charge in [-0.25, -0.2) is 0 Å². The Bertz CT molecular complexity index is 462. The lowest BCUT2D eigenvalue weighted by atomic mass is 9.94. The van der Waals surface area contributed by atoms with E-state index >= 15 is 0 Å². The summed E-state index contributed by atoms with van der Waals surface area (Å²) in [5, 5.41) is -0.504. The van der Waals surface area contributed by atoms with Gasteiger partial charge >= 0.3 is 0 Å². The average molecular weight is 283 g/mol. The maximum absolute atomic E-state index is 12.1. The molecule has 0 aliphatic carbocycles. The first kappa shape index (κ1) is 16.0. The fourth-order valence-electron chi connectivity index (χ4n) is 1.99. The monoisotopic (exact) mass is 282 g/mol. The number of ether oxygens (including phenoxy) is 1. The van der Waals surface area contributed by atoms with Gasteiger partial charge in [0.05, 0.1) is 11.5 Å². The molecule has 0 radical (unpaired) electrons. The Kier molecular flexibility index (Phi) is 5.42. The molecule has 0 saturated carbocycles. The number of Topliss-reactive ketones (excluding diaryl/α,β-unsaturated/α-hetero) is 1. The summed E-state index contributed by atoms with van der Waals surface area (Å²) in [6.07, 6.45) is 0.116. The lowest BCUT2D eigenvalue weighted by Crippen LogP contribution is -2.14. The van der Waals surface area contributed by atoms with Crippen LogP contribution in [0.3, 0.4) is 0 Å². The van der Waals surface area contributed by atoms with Crippen molar-refractivity contribution >= 4 is 17.4 Å². The van der Waals surface area contributed by atoms with Gasteiger partial charge in [-0.2, -0.15) is 0 Å². The zero-order chi connectivity index (χ0) is 14.7. The van der Waals surface area contributed by atoms with E-state index in [0.717, 1.165) is 16.9 Å². The van der Waals surface area contributed by atoms with Gasteiger partial charge < -0.3 is 4.74 Å². The Labute approximate surface area is 121 Å². The van der Waals surface area contributed by atoms with Crippen LogP contribution < -0.4 is 4.74 Å².